The van der Waals surface area contributed by atoms with Crippen molar-refractivity contribution in [3.05, 3.63) is 20.8 Å². The van der Waals surface area contributed by atoms with E-state index in [1.54, 1.807) is 11.3 Å². The molecule has 96 valence electrons. The molecule has 17 heavy (non-hydrogen) atoms. The Balaban J connectivity index is 0.00000144. The Kier molecular flexibility index (Phi) is 6.79. The molecule has 0 radical (unpaired) electrons. The van der Waals surface area contributed by atoms with Crippen LogP contribution in [0.4, 0.5) is 0 Å². The number of guanidine groups is 1. The highest BCUT2D eigenvalue weighted by molar-refractivity contribution is 14.0. The molecule has 0 aromatic carbocycles. The molecule has 1 aliphatic carbocycles. The summed E-state index contributed by atoms with van der Waals surface area (Å²) < 4.78 is 1.14. The van der Waals surface area contributed by atoms with Crippen LogP contribution in [-0.2, 0) is 6.54 Å². The van der Waals surface area contributed by atoms with Crippen molar-refractivity contribution in [2.24, 2.45) is 10.7 Å². The van der Waals surface area contributed by atoms with Crippen LogP contribution in [0.1, 0.15) is 31.2 Å². The maximum absolute atomic E-state index is 5.84. The van der Waals surface area contributed by atoms with Crippen molar-refractivity contribution < 1.29 is 0 Å². The lowest BCUT2D eigenvalue weighted by Gasteiger charge is -2.11. The van der Waals surface area contributed by atoms with Crippen molar-refractivity contribution in [1.29, 1.82) is 0 Å². The second-order valence-corrected chi connectivity index (χ2v) is 6.38. The van der Waals surface area contributed by atoms with E-state index in [1.165, 1.54) is 31.2 Å². The van der Waals surface area contributed by atoms with Gasteiger partial charge in [-0.25, -0.2) is 4.99 Å². The maximum Gasteiger partial charge on any atom is 0.189 e. The van der Waals surface area contributed by atoms with Gasteiger partial charge >= 0.3 is 0 Å². The highest BCUT2D eigenvalue weighted by Crippen LogP contribution is 2.21. The van der Waals surface area contributed by atoms with Crippen LogP contribution in [0.5, 0.6) is 0 Å². The van der Waals surface area contributed by atoms with Gasteiger partial charge in [0.05, 0.1) is 10.3 Å². The van der Waals surface area contributed by atoms with E-state index in [1.807, 2.05) is 0 Å². The molecule has 0 amide bonds. The third-order valence-electron chi connectivity index (χ3n) is 2.76. The summed E-state index contributed by atoms with van der Waals surface area (Å²) in [6.07, 6.45) is 5.06. The number of halogens is 2. The largest absolute Gasteiger partial charge is 0.370 e. The van der Waals surface area contributed by atoms with Crippen LogP contribution in [0.25, 0.3) is 0 Å². The van der Waals surface area contributed by atoms with Crippen LogP contribution >= 0.6 is 51.2 Å². The topological polar surface area (TPSA) is 50.4 Å². The third-order valence-corrected chi connectivity index (χ3v) is 4.31. The smallest absolute Gasteiger partial charge is 0.189 e. The number of thiophene rings is 1. The molecule has 6 heteroatoms. The first kappa shape index (κ1) is 15.2. The summed E-state index contributed by atoms with van der Waals surface area (Å²) in [7, 11) is 0. The zero-order valence-corrected chi connectivity index (χ0v) is 14.2. The predicted molar refractivity (Wildman–Crippen MR) is 88.2 cm³/mol. The normalized spacial score (nSPS) is 16.9. The molecule has 3 N–H and O–H groups in total. The lowest BCUT2D eigenvalue weighted by Crippen LogP contribution is -2.38. The third kappa shape index (κ3) is 5.13. The van der Waals surface area contributed by atoms with Crippen LogP contribution in [0.2, 0.25) is 0 Å². The molecule has 1 heterocycles. The Morgan fingerprint density at radius 2 is 2.24 bits per heavy atom. The zero-order valence-electron chi connectivity index (χ0n) is 9.49. The van der Waals surface area contributed by atoms with Crippen molar-refractivity contribution in [3.8, 4) is 0 Å². The molecular weight excluding hydrogens is 413 g/mol. The number of hydrogen-bond donors (Lipinski definition) is 2. The fourth-order valence-corrected chi connectivity index (χ4v) is 3.13. The van der Waals surface area contributed by atoms with Gasteiger partial charge in [-0.15, -0.1) is 35.3 Å². The second kappa shape index (κ2) is 7.58. The first-order valence-electron chi connectivity index (χ1n) is 5.53. The van der Waals surface area contributed by atoms with Gasteiger partial charge in [-0.3, -0.25) is 0 Å². The molecule has 1 aromatic heterocycles. The summed E-state index contributed by atoms with van der Waals surface area (Å²) in [5, 5.41) is 5.37. The van der Waals surface area contributed by atoms with Crippen molar-refractivity contribution in [2.45, 2.75) is 38.3 Å². The first-order chi connectivity index (χ1) is 7.74. The van der Waals surface area contributed by atoms with Gasteiger partial charge in [0.25, 0.3) is 0 Å². The average Bonchev–Trinajstić information content (AvgIpc) is 2.87. The Morgan fingerprint density at radius 3 is 2.82 bits per heavy atom. The van der Waals surface area contributed by atoms with Gasteiger partial charge < -0.3 is 11.1 Å². The molecule has 0 bridgehead atoms. The molecule has 0 saturated heterocycles. The molecule has 2 rings (SSSR count). The summed E-state index contributed by atoms with van der Waals surface area (Å²) in [6, 6.07) is 2.62. The van der Waals surface area contributed by atoms with E-state index in [0.29, 0.717) is 18.5 Å². The number of rotatable bonds is 3. The van der Waals surface area contributed by atoms with Crippen LogP contribution in [-0.4, -0.2) is 12.0 Å². The summed E-state index contributed by atoms with van der Waals surface area (Å²) in [5.74, 6) is 0.578. The SMILES string of the molecule is I.NC(=NCc1csc(Br)c1)NC1CCCC1. The van der Waals surface area contributed by atoms with Crippen LogP contribution < -0.4 is 11.1 Å². The lowest BCUT2D eigenvalue weighted by atomic mass is 10.2. The van der Waals surface area contributed by atoms with E-state index in [2.05, 4.69) is 37.7 Å². The highest BCUT2D eigenvalue weighted by Gasteiger charge is 2.14. The molecule has 1 aliphatic rings. The van der Waals surface area contributed by atoms with Gasteiger partial charge in [-0.2, -0.15) is 0 Å². The number of aliphatic imine (C=N–C) groups is 1. The Bertz CT molecular complexity index is 375. The molecule has 0 atom stereocenters. The Labute approximate surface area is 131 Å². The summed E-state index contributed by atoms with van der Waals surface area (Å²) in [4.78, 5) is 4.34. The van der Waals surface area contributed by atoms with Gasteiger partial charge in [-0.05, 0) is 45.8 Å². The number of nitrogens with one attached hydrogen (secondary N) is 1. The van der Waals surface area contributed by atoms with E-state index in [-0.39, 0.29) is 24.0 Å². The minimum Gasteiger partial charge on any atom is -0.370 e. The van der Waals surface area contributed by atoms with Crippen molar-refractivity contribution in [3.63, 3.8) is 0 Å². The molecule has 3 nitrogen and oxygen atoms in total. The monoisotopic (exact) mass is 429 g/mol. The fraction of sp³-hybridized carbons (Fsp3) is 0.545. The number of nitrogens with two attached hydrogens (primary N) is 1. The first-order valence-corrected chi connectivity index (χ1v) is 7.20. The van der Waals surface area contributed by atoms with Crippen LogP contribution in [0.3, 0.4) is 0 Å². The van der Waals surface area contributed by atoms with Gasteiger partial charge in [0, 0.05) is 6.04 Å². The van der Waals surface area contributed by atoms with Crippen molar-refractivity contribution >= 4 is 57.2 Å². The van der Waals surface area contributed by atoms with E-state index >= 15 is 0 Å². The van der Waals surface area contributed by atoms with E-state index < -0.39 is 0 Å². The number of nitrogens with zero attached hydrogens (tertiary/aromatic N) is 1. The van der Waals surface area contributed by atoms with Gasteiger partial charge in [-0.1, -0.05) is 12.8 Å². The Morgan fingerprint density at radius 1 is 1.53 bits per heavy atom. The standard InChI is InChI=1S/C11H16BrN3S.HI/c12-10-5-8(7-16-10)6-14-11(13)15-9-3-1-2-4-9;/h5,7,9H,1-4,6H2,(H3,13,14,15);1H. The molecule has 1 saturated carbocycles. The summed E-state index contributed by atoms with van der Waals surface area (Å²) in [5.41, 5.74) is 7.04. The molecule has 1 fully saturated rings. The molecule has 1 aromatic rings. The predicted octanol–water partition coefficient (Wildman–Crippen LogP) is 3.48. The minimum atomic E-state index is 0. The lowest BCUT2D eigenvalue weighted by molar-refractivity contribution is 0.625. The summed E-state index contributed by atoms with van der Waals surface area (Å²) >= 11 is 5.11. The maximum atomic E-state index is 5.84. The number of hydrogen-bond acceptors (Lipinski definition) is 2. The van der Waals surface area contributed by atoms with Crippen LogP contribution in [0.15, 0.2) is 20.2 Å². The molecule has 0 unspecified atom stereocenters. The molecule has 0 spiro atoms. The molecule has 0 aliphatic heterocycles. The minimum absolute atomic E-state index is 0. The average molecular weight is 430 g/mol. The highest BCUT2D eigenvalue weighted by atomic mass is 127. The summed E-state index contributed by atoms with van der Waals surface area (Å²) in [6.45, 7) is 0.660. The van der Waals surface area contributed by atoms with Gasteiger partial charge in [0.15, 0.2) is 5.96 Å². The quantitative estimate of drug-likeness (QED) is 0.439. The zero-order chi connectivity index (χ0) is 11.4. The van der Waals surface area contributed by atoms with E-state index in [0.717, 1.165) is 3.79 Å². The van der Waals surface area contributed by atoms with E-state index in [4.69, 9.17) is 5.73 Å². The van der Waals surface area contributed by atoms with Gasteiger partial charge in [0.2, 0.25) is 0 Å². The fourth-order valence-electron chi connectivity index (χ4n) is 1.93. The van der Waals surface area contributed by atoms with Crippen molar-refractivity contribution in [2.75, 3.05) is 0 Å². The Hall–Kier alpha value is 0.180. The van der Waals surface area contributed by atoms with Crippen LogP contribution in [0, 0.1) is 0 Å². The van der Waals surface area contributed by atoms with E-state index in [9.17, 15) is 0 Å². The van der Waals surface area contributed by atoms with Gasteiger partial charge in [0.1, 0.15) is 0 Å². The van der Waals surface area contributed by atoms with Crippen molar-refractivity contribution in [1.82, 2.24) is 5.32 Å². The second-order valence-electron chi connectivity index (χ2n) is 4.09. The molecular formula is C11H17BrIN3S.